The highest BCUT2D eigenvalue weighted by molar-refractivity contribution is 6.01. The topological polar surface area (TPSA) is 48.4 Å². The molecule has 3 aliphatic rings. The smallest absolute Gasteiger partial charge is 0.311 e. The van der Waals surface area contributed by atoms with Crippen molar-refractivity contribution >= 4 is 16.7 Å². The number of fused-ring (bicyclic) bond motifs is 1. The lowest BCUT2D eigenvalue weighted by Crippen LogP contribution is -2.68. The Morgan fingerprint density at radius 1 is 1.00 bits per heavy atom. The zero-order chi connectivity index (χ0) is 26.7. The molecule has 0 N–H and O–H groups in total. The zero-order valence-electron chi connectivity index (χ0n) is 22.3. The molecule has 0 unspecified atom stereocenters. The predicted molar refractivity (Wildman–Crippen MR) is 147 cm³/mol. The van der Waals surface area contributed by atoms with E-state index in [1.807, 2.05) is 48.5 Å². The van der Waals surface area contributed by atoms with Crippen LogP contribution >= 0.6 is 0 Å². The van der Waals surface area contributed by atoms with Crippen LogP contribution in [0.15, 0.2) is 66.7 Å². The van der Waals surface area contributed by atoms with Gasteiger partial charge in [0.15, 0.2) is 0 Å². The van der Waals surface area contributed by atoms with Crippen LogP contribution in [-0.2, 0) is 21.6 Å². The van der Waals surface area contributed by atoms with E-state index in [2.05, 4.69) is 26.0 Å². The van der Waals surface area contributed by atoms with Crippen LogP contribution in [0.1, 0.15) is 61.5 Å². The van der Waals surface area contributed by atoms with Crippen LogP contribution in [0, 0.1) is 18.2 Å². The first-order valence-electron chi connectivity index (χ1n) is 13.3. The summed E-state index contributed by atoms with van der Waals surface area (Å²) in [5.74, 6) is 0.608. The largest absolute Gasteiger partial charge is 0.489 e. The minimum atomic E-state index is -0.366. The van der Waals surface area contributed by atoms with Crippen LogP contribution in [0.3, 0.4) is 0 Å². The summed E-state index contributed by atoms with van der Waals surface area (Å²) in [6, 6.07) is 21.6. The molecule has 3 fully saturated rings. The second-order valence-corrected chi connectivity index (χ2v) is 11.4. The third kappa shape index (κ3) is 3.79. The normalized spacial score (nSPS) is 21.6. The Balaban J connectivity index is 1.50. The Kier molecular flexibility index (Phi) is 5.78. The molecular weight excluding hydrogens is 477 g/mol. The molecule has 3 aliphatic carbocycles. The van der Waals surface area contributed by atoms with Gasteiger partial charge in [-0.3, -0.25) is 9.78 Å². The first-order valence-corrected chi connectivity index (χ1v) is 13.3. The molecule has 5 heteroatoms. The maximum Gasteiger partial charge on any atom is 0.311 e. The number of methoxy groups -OCH3 is 1. The standard InChI is InChI=1S/C33H32FNO3/c1-20(2)29-28(23-10-13-27(34)21(3)14-23)25-12-11-24(38-16-22-8-6-5-7-9-22)15-26(25)30(35-29)32-17-33(18-32,19-32)31(36)37-4/h5-15,20H,16-19H2,1-4H3. The first kappa shape index (κ1) is 24.6. The number of aryl methyl sites for hydroxylation is 1. The van der Waals surface area contributed by atoms with Crippen molar-refractivity contribution < 1.29 is 18.7 Å². The Labute approximate surface area is 222 Å². The van der Waals surface area contributed by atoms with Gasteiger partial charge in [-0.25, -0.2) is 4.39 Å². The van der Waals surface area contributed by atoms with Gasteiger partial charge in [-0.15, -0.1) is 0 Å². The van der Waals surface area contributed by atoms with Crippen molar-refractivity contribution in [3.63, 3.8) is 0 Å². The molecule has 1 aromatic heterocycles. The van der Waals surface area contributed by atoms with Gasteiger partial charge in [0.2, 0.25) is 0 Å². The Morgan fingerprint density at radius 2 is 1.74 bits per heavy atom. The molecule has 0 saturated heterocycles. The molecule has 4 aromatic rings. The van der Waals surface area contributed by atoms with Crippen LogP contribution in [0.2, 0.25) is 0 Å². The van der Waals surface area contributed by atoms with Gasteiger partial charge in [-0.1, -0.05) is 50.2 Å². The molecular formula is C33H32FNO3. The number of halogens is 1. The molecule has 0 radical (unpaired) electrons. The summed E-state index contributed by atoms with van der Waals surface area (Å²) in [6.45, 7) is 6.56. The lowest BCUT2D eigenvalue weighted by molar-refractivity contribution is -0.198. The van der Waals surface area contributed by atoms with E-state index >= 15 is 0 Å². The molecule has 3 saturated carbocycles. The molecule has 0 atom stereocenters. The van der Waals surface area contributed by atoms with Gasteiger partial charge in [0.1, 0.15) is 18.2 Å². The summed E-state index contributed by atoms with van der Waals surface area (Å²) >= 11 is 0. The average molecular weight is 510 g/mol. The predicted octanol–water partition coefficient (Wildman–Crippen LogP) is 7.65. The number of hydrogen-bond donors (Lipinski definition) is 0. The van der Waals surface area contributed by atoms with E-state index < -0.39 is 0 Å². The Hall–Kier alpha value is -3.73. The first-order chi connectivity index (χ1) is 18.2. The van der Waals surface area contributed by atoms with Crippen LogP contribution in [0.4, 0.5) is 4.39 Å². The minimum absolute atomic E-state index is 0.113. The monoisotopic (exact) mass is 509 g/mol. The van der Waals surface area contributed by atoms with Crippen molar-refractivity contribution in [2.45, 2.75) is 58.0 Å². The molecule has 0 amide bonds. The van der Waals surface area contributed by atoms with E-state index in [9.17, 15) is 9.18 Å². The van der Waals surface area contributed by atoms with E-state index in [1.165, 1.54) is 13.2 Å². The summed E-state index contributed by atoms with van der Waals surface area (Å²) in [5.41, 5.74) is 5.23. The van der Waals surface area contributed by atoms with E-state index in [0.29, 0.717) is 12.2 Å². The Morgan fingerprint density at radius 3 is 2.39 bits per heavy atom. The second kappa shape index (κ2) is 8.93. The van der Waals surface area contributed by atoms with Crippen molar-refractivity contribution in [1.82, 2.24) is 4.98 Å². The van der Waals surface area contributed by atoms with E-state index in [0.717, 1.165) is 63.9 Å². The molecule has 3 aromatic carbocycles. The number of esters is 1. The summed E-state index contributed by atoms with van der Waals surface area (Å²) in [7, 11) is 1.47. The number of rotatable bonds is 7. The van der Waals surface area contributed by atoms with E-state index in [-0.39, 0.29) is 28.5 Å². The second-order valence-electron chi connectivity index (χ2n) is 11.4. The van der Waals surface area contributed by atoms with Crippen molar-refractivity contribution in [2.24, 2.45) is 5.41 Å². The van der Waals surface area contributed by atoms with Crippen LogP contribution < -0.4 is 4.74 Å². The highest BCUT2D eigenvalue weighted by Gasteiger charge is 2.73. The zero-order valence-corrected chi connectivity index (χ0v) is 22.3. The number of benzene rings is 3. The molecule has 0 aliphatic heterocycles. The lowest BCUT2D eigenvalue weighted by atomic mass is 9.34. The van der Waals surface area contributed by atoms with Gasteiger partial charge in [-0.05, 0) is 84.5 Å². The van der Waals surface area contributed by atoms with Crippen molar-refractivity contribution in [3.05, 3.63) is 95.1 Å². The fraction of sp³-hybridized carbons (Fsp3) is 0.333. The van der Waals surface area contributed by atoms with Crippen molar-refractivity contribution in [3.8, 4) is 16.9 Å². The van der Waals surface area contributed by atoms with Gasteiger partial charge in [-0.2, -0.15) is 0 Å². The van der Waals surface area contributed by atoms with E-state index in [4.69, 9.17) is 14.5 Å². The molecule has 0 spiro atoms. The number of hydrogen-bond acceptors (Lipinski definition) is 4. The maximum absolute atomic E-state index is 14.2. The molecule has 194 valence electrons. The van der Waals surface area contributed by atoms with Gasteiger partial charge in [0.25, 0.3) is 0 Å². The molecule has 2 bridgehead atoms. The molecule has 38 heavy (non-hydrogen) atoms. The van der Waals surface area contributed by atoms with Gasteiger partial charge in [0, 0.05) is 16.4 Å². The number of nitrogens with zero attached hydrogens (tertiary/aromatic N) is 1. The summed E-state index contributed by atoms with van der Waals surface area (Å²) in [5, 5.41) is 2.11. The fourth-order valence-corrected chi connectivity index (χ4v) is 6.54. The van der Waals surface area contributed by atoms with E-state index in [1.54, 1.807) is 6.92 Å². The van der Waals surface area contributed by atoms with Crippen LogP contribution in [0.25, 0.3) is 21.9 Å². The third-order valence-electron chi connectivity index (χ3n) is 8.40. The summed E-state index contributed by atoms with van der Waals surface area (Å²) in [4.78, 5) is 17.8. The Bertz CT molecular complexity index is 1540. The number of carbonyl (C=O) groups is 1. The van der Waals surface area contributed by atoms with Gasteiger partial charge >= 0.3 is 5.97 Å². The number of carbonyl (C=O) groups excluding carboxylic acids is 1. The highest BCUT2D eigenvalue weighted by atomic mass is 19.1. The van der Waals surface area contributed by atoms with Crippen molar-refractivity contribution in [1.29, 1.82) is 0 Å². The van der Waals surface area contributed by atoms with Gasteiger partial charge in [0.05, 0.1) is 23.9 Å². The maximum atomic E-state index is 14.2. The fourth-order valence-electron chi connectivity index (χ4n) is 6.54. The van der Waals surface area contributed by atoms with Gasteiger partial charge < -0.3 is 9.47 Å². The minimum Gasteiger partial charge on any atom is -0.489 e. The SMILES string of the molecule is COC(=O)C12CC(c3nc(C(C)C)c(-c4ccc(F)c(C)c4)c4ccc(OCc5ccccc5)cc34)(C1)C2. The summed E-state index contributed by atoms with van der Waals surface area (Å²) < 4.78 is 25.5. The van der Waals surface area contributed by atoms with Crippen molar-refractivity contribution in [2.75, 3.05) is 7.11 Å². The molecule has 7 rings (SSSR count). The molecule has 4 nitrogen and oxygen atoms in total. The van der Waals surface area contributed by atoms with Crippen LogP contribution in [-0.4, -0.2) is 18.1 Å². The third-order valence-corrected chi connectivity index (χ3v) is 8.40. The van der Waals surface area contributed by atoms with Crippen LogP contribution in [0.5, 0.6) is 5.75 Å². The number of aromatic nitrogens is 1. The average Bonchev–Trinajstić information content (AvgIpc) is 2.87. The number of ether oxygens (including phenoxy) is 2. The molecule has 1 heterocycles. The quantitative estimate of drug-likeness (QED) is 0.240. The summed E-state index contributed by atoms with van der Waals surface area (Å²) in [6.07, 6.45) is 2.28. The number of pyridine rings is 1. The highest BCUT2D eigenvalue weighted by Crippen LogP contribution is 2.74. The lowest BCUT2D eigenvalue weighted by Gasteiger charge is -2.68.